The van der Waals surface area contributed by atoms with Gasteiger partial charge in [0.05, 0.1) is 0 Å². The molecule has 2 rings (SSSR count). The lowest BCUT2D eigenvalue weighted by Crippen LogP contribution is -2.51. The van der Waals surface area contributed by atoms with Crippen molar-refractivity contribution in [2.45, 2.75) is 37.9 Å². The monoisotopic (exact) mass is 298 g/mol. The second-order valence-corrected chi connectivity index (χ2v) is 5.50. The van der Waals surface area contributed by atoms with Crippen molar-refractivity contribution in [3.8, 4) is 0 Å². The van der Waals surface area contributed by atoms with Gasteiger partial charge < -0.3 is 9.47 Å². The van der Waals surface area contributed by atoms with Crippen LogP contribution in [0.4, 0.5) is 0 Å². The van der Waals surface area contributed by atoms with Crippen LogP contribution in [-0.4, -0.2) is 14.2 Å². The molecule has 0 aliphatic heterocycles. The van der Waals surface area contributed by atoms with Gasteiger partial charge in [0.25, 0.3) is 0 Å². The van der Waals surface area contributed by atoms with Crippen molar-refractivity contribution in [3.05, 3.63) is 71.8 Å². The van der Waals surface area contributed by atoms with E-state index in [1.807, 2.05) is 12.1 Å². The molecule has 0 heterocycles. The fraction of sp³-hybridized carbons (Fsp3) is 0.400. The van der Waals surface area contributed by atoms with E-state index in [9.17, 15) is 0 Å². The van der Waals surface area contributed by atoms with E-state index in [1.54, 1.807) is 14.2 Å². The van der Waals surface area contributed by atoms with E-state index in [1.165, 1.54) is 0 Å². The number of methoxy groups -OCH3 is 2. The summed E-state index contributed by atoms with van der Waals surface area (Å²) < 4.78 is 12.3. The van der Waals surface area contributed by atoms with Gasteiger partial charge in [-0.15, -0.1) is 0 Å². The van der Waals surface area contributed by atoms with Gasteiger partial charge in [0.15, 0.2) is 0 Å². The van der Waals surface area contributed by atoms with Gasteiger partial charge in [0.2, 0.25) is 0 Å². The first-order chi connectivity index (χ1) is 10.7. The summed E-state index contributed by atoms with van der Waals surface area (Å²) in [6.45, 7) is 4.31. The summed E-state index contributed by atoms with van der Waals surface area (Å²) in [5.74, 6) is 0. The van der Waals surface area contributed by atoms with Gasteiger partial charge in [0, 0.05) is 14.2 Å². The third kappa shape index (κ3) is 2.47. The van der Waals surface area contributed by atoms with E-state index < -0.39 is 11.2 Å². The lowest BCUT2D eigenvalue weighted by atomic mass is 9.70. The maximum Gasteiger partial charge on any atom is 0.125 e. The molecule has 0 bridgehead atoms. The molecule has 0 spiro atoms. The Morgan fingerprint density at radius 2 is 0.955 bits per heavy atom. The zero-order chi connectivity index (χ0) is 16.1. The maximum absolute atomic E-state index is 6.15. The van der Waals surface area contributed by atoms with Crippen LogP contribution in [-0.2, 0) is 20.7 Å². The number of hydrogen-bond acceptors (Lipinski definition) is 2. The minimum Gasteiger partial charge on any atom is -0.370 e. The Morgan fingerprint density at radius 1 is 0.636 bits per heavy atom. The normalized spacial score (nSPS) is 16.7. The predicted molar refractivity (Wildman–Crippen MR) is 90.8 cm³/mol. The number of ether oxygens (including phenoxy) is 2. The van der Waals surface area contributed by atoms with Crippen LogP contribution >= 0.6 is 0 Å². The first kappa shape index (κ1) is 16.7. The number of benzene rings is 2. The van der Waals surface area contributed by atoms with Crippen LogP contribution in [0.15, 0.2) is 60.7 Å². The van der Waals surface area contributed by atoms with Crippen molar-refractivity contribution in [1.82, 2.24) is 0 Å². The molecule has 0 amide bonds. The average molecular weight is 298 g/mol. The predicted octanol–water partition coefficient (Wildman–Crippen LogP) is 4.89. The lowest BCUT2D eigenvalue weighted by molar-refractivity contribution is -0.203. The molecule has 22 heavy (non-hydrogen) atoms. The first-order valence-electron chi connectivity index (χ1n) is 7.92. The van der Waals surface area contributed by atoms with E-state index >= 15 is 0 Å². The topological polar surface area (TPSA) is 18.5 Å². The molecule has 0 saturated carbocycles. The van der Waals surface area contributed by atoms with Gasteiger partial charge in [-0.25, -0.2) is 0 Å². The van der Waals surface area contributed by atoms with E-state index in [0.717, 1.165) is 24.0 Å². The first-order valence-corrected chi connectivity index (χ1v) is 7.92. The van der Waals surface area contributed by atoms with Gasteiger partial charge in [-0.2, -0.15) is 0 Å². The van der Waals surface area contributed by atoms with Gasteiger partial charge in [-0.1, -0.05) is 74.5 Å². The summed E-state index contributed by atoms with van der Waals surface area (Å²) in [5.41, 5.74) is 1.23. The fourth-order valence-corrected chi connectivity index (χ4v) is 3.71. The Labute approximate surface area is 134 Å². The number of hydrogen-bond donors (Lipinski definition) is 0. The van der Waals surface area contributed by atoms with E-state index in [-0.39, 0.29) is 0 Å². The highest BCUT2D eigenvalue weighted by molar-refractivity contribution is 5.34. The van der Waals surface area contributed by atoms with Crippen LogP contribution in [0.5, 0.6) is 0 Å². The van der Waals surface area contributed by atoms with Crippen molar-refractivity contribution >= 4 is 0 Å². The van der Waals surface area contributed by atoms with Crippen molar-refractivity contribution in [2.75, 3.05) is 14.2 Å². The highest BCUT2D eigenvalue weighted by Crippen LogP contribution is 2.50. The molecule has 2 unspecified atom stereocenters. The molecule has 118 valence electrons. The minimum atomic E-state index is -0.529. The molecule has 0 aliphatic carbocycles. The highest BCUT2D eigenvalue weighted by atomic mass is 16.5. The third-order valence-corrected chi connectivity index (χ3v) is 4.83. The van der Waals surface area contributed by atoms with E-state index in [0.29, 0.717) is 0 Å². The Balaban J connectivity index is 2.71. The van der Waals surface area contributed by atoms with Crippen LogP contribution in [0.1, 0.15) is 37.8 Å². The second kappa shape index (κ2) is 7.08. The standard InChI is InChI=1S/C20H26O2/c1-5-19(21-3,17-13-9-7-10-14-17)20(6-2,22-4)18-15-11-8-12-16-18/h7-16H,5-6H2,1-4H3. The highest BCUT2D eigenvalue weighted by Gasteiger charge is 2.52. The average Bonchev–Trinajstić information content (AvgIpc) is 2.61. The Hall–Kier alpha value is -1.64. The molecular weight excluding hydrogens is 272 g/mol. The molecule has 2 nitrogen and oxygen atoms in total. The molecule has 2 atom stereocenters. The summed E-state index contributed by atoms with van der Waals surface area (Å²) in [4.78, 5) is 0. The zero-order valence-corrected chi connectivity index (χ0v) is 14.0. The fourth-order valence-electron chi connectivity index (χ4n) is 3.71. The summed E-state index contributed by atoms with van der Waals surface area (Å²) in [6, 6.07) is 20.8. The second-order valence-electron chi connectivity index (χ2n) is 5.50. The molecule has 2 aromatic rings. The van der Waals surface area contributed by atoms with Gasteiger partial charge in [-0.3, -0.25) is 0 Å². The Morgan fingerprint density at radius 3 is 1.18 bits per heavy atom. The van der Waals surface area contributed by atoms with Crippen LogP contribution in [0.3, 0.4) is 0 Å². The van der Waals surface area contributed by atoms with Crippen molar-refractivity contribution < 1.29 is 9.47 Å². The Bertz CT molecular complexity index is 501. The molecule has 0 fully saturated rings. The van der Waals surface area contributed by atoms with Crippen LogP contribution in [0, 0.1) is 0 Å². The molecule has 2 heteroatoms. The van der Waals surface area contributed by atoms with E-state index in [4.69, 9.17) is 9.47 Å². The zero-order valence-electron chi connectivity index (χ0n) is 14.0. The minimum absolute atomic E-state index is 0.529. The van der Waals surface area contributed by atoms with Crippen molar-refractivity contribution in [2.24, 2.45) is 0 Å². The summed E-state index contributed by atoms with van der Waals surface area (Å²) in [7, 11) is 3.56. The molecule has 0 aromatic heterocycles. The molecular formula is C20H26O2. The molecule has 0 aliphatic rings. The molecule has 2 aromatic carbocycles. The molecule has 0 N–H and O–H groups in total. The van der Waals surface area contributed by atoms with Crippen molar-refractivity contribution in [3.63, 3.8) is 0 Å². The van der Waals surface area contributed by atoms with Gasteiger partial charge in [0.1, 0.15) is 11.2 Å². The Kier molecular flexibility index (Phi) is 5.38. The lowest BCUT2D eigenvalue weighted by Gasteiger charge is -2.49. The molecule has 0 saturated heterocycles. The third-order valence-electron chi connectivity index (χ3n) is 4.83. The largest absolute Gasteiger partial charge is 0.370 e. The smallest absolute Gasteiger partial charge is 0.125 e. The van der Waals surface area contributed by atoms with E-state index in [2.05, 4.69) is 62.4 Å². The summed E-state index contributed by atoms with van der Waals surface area (Å²) >= 11 is 0. The summed E-state index contributed by atoms with van der Waals surface area (Å²) in [5, 5.41) is 0. The number of rotatable bonds is 7. The van der Waals surface area contributed by atoms with Crippen LogP contribution in [0.25, 0.3) is 0 Å². The van der Waals surface area contributed by atoms with Crippen LogP contribution < -0.4 is 0 Å². The van der Waals surface area contributed by atoms with Gasteiger partial charge in [-0.05, 0) is 24.0 Å². The quantitative estimate of drug-likeness (QED) is 0.724. The summed E-state index contributed by atoms with van der Waals surface area (Å²) in [6.07, 6.45) is 1.65. The van der Waals surface area contributed by atoms with Gasteiger partial charge >= 0.3 is 0 Å². The maximum atomic E-state index is 6.15. The van der Waals surface area contributed by atoms with Crippen molar-refractivity contribution in [1.29, 1.82) is 0 Å². The molecule has 0 radical (unpaired) electrons. The SMILES string of the molecule is CCC(OC)(c1ccccc1)C(CC)(OC)c1ccccc1. The van der Waals surface area contributed by atoms with Crippen LogP contribution in [0.2, 0.25) is 0 Å².